The van der Waals surface area contributed by atoms with Crippen LogP contribution in [0.3, 0.4) is 0 Å². The summed E-state index contributed by atoms with van der Waals surface area (Å²) in [6.07, 6.45) is 0. The number of carbonyl (C=O) groups is 2. The number of carbonyl (C=O) groups excluding carboxylic acids is 1. The van der Waals surface area contributed by atoms with Gasteiger partial charge in [-0.3, -0.25) is 4.79 Å². The summed E-state index contributed by atoms with van der Waals surface area (Å²) < 4.78 is 10.4. The molecule has 0 unspecified atom stereocenters. The van der Waals surface area contributed by atoms with Gasteiger partial charge in [0.2, 0.25) is 0 Å². The highest BCUT2D eigenvalue weighted by Gasteiger charge is 2.12. The van der Waals surface area contributed by atoms with E-state index in [1.165, 1.54) is 12.1 Å². The standard InChI is InChI=1S/C19H21NO5/c1-20(13-14-3-5-16(6-4-14)19(22)23)18(21)15-7-9-17(10-8-15)25-12-11-24-2/h3-10H,11-13H2,1-2H3,(H,22,23). The third kappa shape index (κ3) is 5.32. The van der Waals surface area contributed by atoms with E-state index in [1.54, 1.807) is 55.5 Å². The maximum atomic E-state index is 12.5. The van der Waals surface area contributed by atoms with E-state index in [-0.39, 0.29) is 11.5 Å². The minimum atomic E-state index is -0.969. The molecule has 25 heavy (non-hydrogen) atoms. The lowest BCUT2D eigenvalue weighted by atomic mass is 10.1. The van der Waals surface area contributed by atoms with Crippen LogP contribution >= 0.6 is 0 Å². The fraction of sp³-hybridized carbons (Fsp3) is 0.263. The van der Waals surface area contributed by atoms with Crippen LogP contribution in [0.5, 0.6) is 5.75 Å². The first-order chi connectivity index (χ1) is 12.0. The van der Waals surface area contributed by atoms with Gasteiger partial charge in [0, 0.05) is 26.3 Å². The number of ether oxygens (including phenoxy) is 2. The van der Waals surface area contributed by atoms with E-state index in [1.807, 2.05) is 0 Å². The Bertz CT molecular complexity index is 710. The van der Waals surface area contributed by atoms with Crippen molar-refractivity contribution in [2.45, 2.75) is 6.54 Å². The predicted octanol–water partition coefficient (Wildman–Crippen LogP) is 2.68. The van der Waals surface area contributed by atoms with Crippen LogP contribution in [0.2, 0.25) is 0 Å². The number of aromatic carboxylic acids is 1. The van der Waals surface area contributed by atoms with Crippen molar-refractivity contribution in [2.75, 3.05) is 27.4 Å². The van der Waals surface area contributed by atoms with Gasteiger partial charge < -0.3 is 19.5 Å². The van der Waals surface area contributed by atoms with Crippen LogP contribution in [-0.2, 0) is 11.3 Å². The summed E-state index contributed by atoms with van der Waals surface area (Å²) in [6, 6.07) is 13.4. The lowest BCUT2D eigenvalue weighted by Crippen LogP contribution is -2.26. The SMILES string of the molecule is COCCOc1ccc(C(=O)N(C)Cc2ccc(C(=O)O)cc2)cc1. The third-order valence-electron chi connectivity index (χ3n) is 3.62. The van der Waals surface area contributed by atoms with Gasteiger partial charge >= 0.3 is 5.97 Å². The summed E-state index contributed by atoms with van der Waals surface area (Å²) in [7, 11) is 3.31. The van der Waals surface area contributed by atoms with Gasteiger partial charge in [0.1, 0.15) is 12.4 Å². The number of rotatable bonds is 8. The van der Waals surface area contributed by atoms with Gasteiger partial charge in [-0.05, 0) is 42.0 Å². The number of carboxylic acids is 1. The summed E-state index contributed by atoms with van der Waals surface area (Å²) in [5.41, 5.74) is 1.64. The van der Waals surface area contributed by atoms with Crippen molar-refractivity contribution in [1.29, 1.82) is 0 Å². The number of hydrogen-bond donors (Lipinski definition) is 1. The van der Waals surface area contributed by atoms with Crippen molar-refractivity contribution in [1.82, 2.24) is 4.90 Å². The average molecular weight is 343 g/mol. The molecule has 1 N–H and O–H groups in total. The van der Waals surface area contributed by atoms with Gasteiger partial charge in [-0.25, -0.2) is 4.79 Å². The van der Waals surface area contributed by atoms with Crippen LogP contribution in [-0.4, -0.2) is 49.3 Å². The fourth-order valence-corrected chi connectivity index (χ4v) is 2.26. The first-order valence-corrected chi connectivity index (χ1v) is 7.80. The number of methoxy groups -OCH3 is 1. The molecular weight excluding hydrogens is 322 g/mol. The molecular formula is C19H21NO5. The monoisotopic (exact) mass is 343 g/mol. The Kier molecular flexibility index (Phi) is 6.54. The van der Waals surface area contributed by atoms with Gasteiger partial charge in [-0.15, -0.1) is 0 Å². The summed E-state index contributed by atoms with van der Waals surface area (Å²) in [4.78, 5) is 24.9. The quantitative estimate of drug-likeness (QED) is 0.746. The zero-order valence-electron chi connectivity index (χ0n) is 14.3. The fourth-order valence-electron chi connectivity index (χ4n) is 2.26. The second-order valence-corrected chi connectivity index (χ2v) is 5.53. The molecule has 0 aliphatic heterocycles. The zero-order valence-corrected chi connectivity index (χ0v) is 14.3. The minimum absolute atomic E-state index is 0.120. The Morgan fingerprint density at radius 2 is 1.56 bits per heavy atom. The number of hydrogen-bond acceptors (Lipinski definition) is 4. The Morgan fingerprint density at radius 3 is 2.12 bits per heavy atom. The van der Waals surface area contributed by atoms with Crippen molar-refractivity contribution in [2.24, 2.45) is 0 Å². The molecule has 6 heteroatoms. The first kappa shape index (κ1) is 18.5. The number of amides is 1. The molecule has 0 heterocycles. The Labute approximate surface area is 146 Å². The van der Waals surface area contributed by atoms with Crippen molar-refractivity contribution in [3.8, 4) is 5.75 Å². The van der Waals surface area contributed by atoms with E-state index in [4.69, 9.17) is 14.6 Å². The van der Waals surface area contributed by atoms with E-state index in [2.05, 4.69) is 0 Å². The predicted molar refractivity (Wildman–Crippen MR) is 93.0 cm³/mol. The maximum absolute atomic E-state index is 12.5. The van der Waals surface area contributed by atoms with Gasteiger partial charge in [-0.1, -0.05) is 12.1 Å². The molecule has 0 aliphatic carbocycles. The smallest absolute Gasteiger partial charge is 0.335 e. The van der Waals surface area contributed by atoms with Crippen LogP contribution in [0.1, 0.15) is 26.3 Å². The molecule has 0 radical (unpaired) electrons. The first-order valence-electron chi connectivity index (χ1n) is 7.80. The van der Waals surface area contributed by atoms with E-state index in [0.29, 0.717) is 31.1 Å². The second-order valence-electron chi connectivity index (χ2n) is 5.53. The molecule has 2 rings (SSSR count). The summed E-state index contributed by atoms with van der Waals surface area (Å²) in [5, 5.41) is 8.90. The minimum Gasteiger partial charge on any atom is -0.491 e. The molecule has 0 bridgehead atoms. The molecule has 6 nitrogen and oxygen atoms in total. The van der Waals surface area contributed by atoms with Crippen molar-refractivity contribution >= 4 is 11.9 Å². The summed E-state index contributed by atoms with van der Waals surface area (Å²) in [5.74, 6) is -0.407. The lowest BCUT2D eigenvalue weighted by Gasteiger charge is -2.17. The topological polar surface area (TPSA) is 76.1 Å². The van der Waals surface area contributed by atoms with E-state index < -0.39 is 5.97 Å². The molecule has 0 atom stereocenters. The Balaban J connectivity index is 1.95. The largest absolute Gasteiger partial charge is 0.491 e. The Hall–Kier alpha value is -2.86. The lowest BCUT2D eigenvalue weighted by molar-refractivity contribution is 0.0695. The molecule has 0 aliphatic rings. The summed E-state index contributed by atoms with van der Waals surface area (Å²) >= 11 is 0. The Morgan fingerprint density at radius 1 is 0.960 bits per heavy atom. The van der Waals surface area contributed by atoms with Crippen LogP contribution < -0.4 is 4.74 Å². The highest BCUT2D eigenvalue weighted by atomic mass is 16.5. The van der Waals surface area contributed by atoms with E-state index in [0.717, 1.165) is 5.56 Å². The molecule has 0 aromatic heterocycles. The van der Waals surface area contributed by atoms with Crippen molar-refractivity contribution in [3.63, 3.8) is 0 Å². The zero-order chi connectivity index (χ0) is 18.2. The normalized spacial score (nSPS) is 10.3. The molecule has 2 aromatic rings. The maximum Gasteiger partial charge on any atom is 0.335 e. The highest BCUT2D eigenvalue weighted by Crippen LogP contribution is 2.15. The third-order valence-corrected chi connectivity index (χ3v) is 3.62. The molecule has 0 saturated carbocycles. The number of carboxylic acid groups (broad SMARTS) is 1. The van der Waals surface area contributed by atoms with E-state index in [9.17, 15) is 9.59 Å². The number of benzene rings is 2. The highest BCUT2D eigenvalue weighted by molar-refractivity contribution is 5.94. The molecule has 132 valence electrons. The van der Waals surface area contributed by atoms with Gasteiger partial charge in [0.05, 0.1) is 12.2 Å². The molecule has 2 aromatic carbocycles. The summed E-state index contributed by atoms with van der Waals surface area (Å²) in [6.45, 7) is 1.35. The van der Waals surface area contributed by atoms with E-state index >= 15 is 0 Å². The van der Waals surface area contributed by atoms with Crippen LogP contribution in [0.4, 0.5) is 0 Å². The van der Waals surface area contributed by atoms with Crippen molar-refractivity contribution in [3.05, 3.63) is 65.2 Å². The molecule has 0 saturated heterocycles. The molecule has 1 amide bonds. The van der Waals surface area contributed by atoms with Gasteiger partial charge in [0.25, 0.3) is 5.91 Å². The second kappa shape index (κ2) is 8.84. The van der Waals surface area contributed by atoms with Crippen molar-refractivity contribution < 1.29 is 24.2 Å². The van der Waals surface area contributed by atoms with Gasteiger partial charge in [0.15, 0.2) is 0 Å². The molecule has 0 spiro atoms. The van der Waals surface area contributed by atoms with Crippen LogP contribution in [0.25, 0.3) is 0 Å². The average Bonchev–Trinajstić information content (AvgIpc) is 2.62. The number of nitrogens with zero attached hydrogens (tertiary/aromatic N) is 1. The molecule has 0 fully saturated rings. The van der Waals surface area contributed by atoms with Gasteiger partial charge in [-0.2, -0.15) is 0 Å². The van der Waals surface area contributed by atoms with Crippen LogP contribution in [0.15, 0.2) is 48.5 Å². The van der Waals surface area contributed by atoms with Crippen LogP contribution in [0, 0.1) is 0 Å².